The highest BCUT2D eigenvalue weighted by atomic mass is 16.5. The van der Waals surface area contributed by atoms with Crippen molar-refractivity contribution in [2.45, 2.75) is 6.42 Å². The summed E-state index contributed by atoms with van der Waals surface area (Å²) >= 11 is 0. The number of aryl methyl sites for hydroxylation is 1. The number of carbonyl (C=O) groups excluding carboxylic acids is 1. The molecule has 1 aliphatic rings. The highest BCUT2D eigenvalue weighted by Crippen LogP contribution is 2.31. The number of benzene rings is 1. The lowest BCUT2D eigenvalue weighted by molar-refractivity contribution is 0.0782. The molecule has 0 bridgehead atoms. The minimum atomic E-state index is -0.0350. The van der Waals surface area contributed by atoms with Gasteiger partial charge in [-0.3, -0.25) is 4.79 Å². The summed E-state index contributed by atoms with van der Waals surface area (Å²) < 4.78 is 6.77. The van der Waals surface area contributed by atoms with Gasteiger partial charge in [-0.2, -0.15) is 5.26 Å². The molecule has 3 aromatic rings. The predicted molar refractivity (Wildman–Crippen MR) is 112 cm³/mol. The number of hydrogen-bond donors (Lipinski definition) is 2. The molecule has 9 nitrogen and oxygen atoms in total. The Kier molecular flexibility index (Phi) is 4.98. The molecule has 0 aliphatic carbocycles. The molecular weight excluding hydrogens is 382 g/mol. The number of nitriles is 1. The number of amides is 1. The first-order valence-electron chi connectivity index (χ1n) is 9.39. The number of aromatic nitrogens is 3. The van der Waals surface area contributed by atoms with Crippen LogP contribution in [0.3, 0.4) is 0 Å². The fraction of sp³-hybridized carbons (Fsp3) is 0.238. The number of carbonyl (C=O) groups is 1. The number of likely N-dealkylation sites (N-methyl/N-ethyl adjacent to an activating group) is 1. The lowest BCUT2D eigenvalue weighted by atomic mass is 9.97. The Balaban J connectivity index is 1.68. The van der Waals surface area contributed by atoms with Crippen molar-refractivity contribution in [2.75, 3.05) is 31.3 Å². The third-order valence-corrected chi connectivity index (χ3v) is 5.04. The van der Waals surface area contributed by atoms with E-state index in [0.717, 1.165) is 12.0 Å². The lowest BCUT2D eigenvalue weighted by Crippen LogP contribution is -2.34. The third kappa shape index (κ3) is 3.51. The SMILES string of the molecule is COc1cc(Nc2cc(Nc3cccc4c3C(=O)N(C)CC4)c(C#N)cn2)n(C)n1. The van der Waals surface area contributed by atoms with E-state index in [1.807, 2.05) is 18.2 Å². The van der Waals surface area contributed by atoms with E-state index in [1.165, 1.54) is 6.20 Å². The largest absolute Gasteiger partial charge is 0.480 e. The third-order valence-electron chi connectivity index (χ3n) is 5.04. The van der Waals surface area contributed by atoms with Gasteiger partial charge in [-0.05, 0) is 18.1 Å². The molecule has 0 unspecified atom stereocenters. The van der Waals surface area contributed by atoms with Crippen LogP contribution in [-0.2, 0) is 13.5 Å². The van der Waals surface area contributed by atoms with Gasteiger partial charge >= 0.3 is 0 Å². The number of nitrogens with zero attached hydrogens (tertiary/aromatic N) is 5. The van der Waals surface area contributed by atoms with Crippen LogP contribution < -0.4 is 15.4 Å². The van der Waals surface area contributed by atoms with E-state index < -0.39 is 0 Å². The monoisotopic (exact) mass is 403 g/mol. The second kappa shape index (κ2) is 7.75. The summed E-state index contributed by atoms with van der Waals surface area (Å²) in [6.45, 7) is 0.691. The van der Waals surface area contributed by atoms with Crippen LogP contribution in [0.2, 0.25) is 0 Å². The van der Waals surface area contributed by atoms with E-state index in [9.17, 15) is 10.1 Å². The van der Waals surface area contributed by atoms with Crippen LogP contribution in [0.1, 0.15) is 21.5 Å². The minimum Gasteiger partial charge on any atom is -0.480 e. The fourth-order valence-corrected chi connectivity index (χ4v) is 3.40. The van der Waals surface area contributed by atoms with E-state index in [2.05, 4.69) is 26.8 Å². The second-order valence-corrected chi connectivity index (χ2v) is 6.99. The smallest absolute Gasteiger partial charge is 0.255 e. The van der Waals surface area contributed by atoms with Crippen molar-refractivity contribution in [1.29, 1.82) is 5.26 Å². The number of pyridine rings is 1. The number of rotatable bonds is 5. The number of hydrogen-bond acceptors (Lipinski definition) is 7. The fourth-order valence-electron chi connectivity index (χ4n) is 3.40. The van der Waals surface area contributed by atoms with E-state index in [1.54, 1.807) is 42.9 Å². The molecule has 0 atom stereocenters. The van der Waals surface area contributed by atoms with Gasteiger partial charge in [0.15, 0.2) is 0 Å². The topological polar surface area (TPSA) is 108 Å². The molecule has 4 rings (SSSR count). The van der Waals surface area contributed by atoms with Crippen LogP contribution >= 0.6 is 0 Å². The molecule has 0 saturated heterocycles. The van der Waals surface area contributed by atoms with Gasteiger partial charge in [0.2, 0.25) is 5.88 Å². The van der Waals surface area contributed by atoms with Crippen LogP contribution in [0.15, 0.2) is 36.5 Å². The van der Waals surface area contributed by atoms with Gasteiger partial charge in [-0.1, -0.05) is 12.1 Å². The van der Waals surface area contributed by atoms with E-state index in [-0.39, 0.29) is 5.91 Å². The van der Waals surface area contributed by atoms with Crippen LogP contribution in [0, 0.1) is 11.3 Å². The molecule has 0 saturated carbocycles. The quantitative estimate of drug-likeness (QED) is 0.674. The van der Waals surface area contributed by atoms with Crippen molar-refractivity contribution in [3.05, 3.63) is 53.2 Å². The Morgan fingerprint density at radius 3 is 2.77 bits per heavy atom. The number of anilines is 4. The average molecular weight is 403 g/mol. The number of methoxy groups -OCH3 is 1. The molecule has 2 N–H and O–H groups in total. The van der Waals surface area contributed by atoms with Crippen molar-refractivity contribution < 1.29 is 9.53 Å². The van der Waals surface area contributed by atoms with Gasteiger partial charge in [0.25, 0.3) is 5.91 Å². The molecule has 1 aliphatic heterocycles. The normalized spacial score (nSPS) is 12.9. The summed E-state index contributed by atoms with van der Waals surface area (Å²) in [5.41, 5.74) is 3.23. The van der Waals surface area contributed by atoms with Gasteiger partial charge in [-0.25, -0.2) is 9.67 Å². The van der Waals surface area contributed by atoms with Crippen LogP contribution in [-0.4, -0.2) is 46.3 Å². The van der Waals surface area contributed by atoms with Crippen LogP contribution in [0.4, 0.5) is 23.0 Å². The van der Waals surface area contributed by atoms with E-state index in [4.69, 9.17) is 4.74 Å². The zero-order valence-electron chi connectivity index (χ0n) is 16.9. The Bertz CT molecular complexity index is 1160. The molecule has 3 heterocycles. The Hall–Kier alpha value is -4.06. The van der Waals surface area contributed by atoms with Gasteiger partial charge in [0, 0.05) is 39.0 Å². The van der Waals surface area contributed by atoms with Gasteiger partial charge in [0.05, 0.1) is 29.6 Å². The summed E-state index contributed by atoms with van der Waals surface area (Å²) in [6.07, 6.45) is 2.28. The van der Waals surface area contributed by atoms with Crippen LogP contribution in [0.25, 0.3) is 0 Å². The molecule has 1 aromatic carbocycles. The summed E-state index contributed by atoms with van der Waals surface area (Å²) in [4.78, 5) is 18.7. The Morgan fingerprint density at radius 2 is 2.03 bits per heavy atom. The number of fused-ring (bicyclic) bond motifs is 1. The van der Waals surface area contributed by atoms with Gasteiger partial charge in [-0.15, -0.1) is 5.10 Å². The maximum absolute atomic E-state index is 12.7. The molecule has 2 aromatic heterocycles. The number of ether oxygens (including phenoxy) is 1. The van der Waals surface area contributed by atoms with Crippen molar-refractivity contribution in [2.24, 2.45) is 7.05 Å². The average Bonchev–Trinajstić information content (AvgIpc) is 3.10. The maximum Gasteiger partial charge on any atom is 0.255 e. The lowest BCUT2D eigenvalue weighted by Gasteiger charge is -2.27. The molecule has 152 valence electrons. The zero-order valence-corrected chi connectivity index (χ0v) is 16.9. The summed E-state index contributed by atoms with van der Waals surface area (Å²) in [7, 11) is 5.12. The summed E-state index contributed by atoms with van der Waals surface area (Å²) in [6, 6.07) is 11.3. The van der Waals surface area contributed by atoms with Crippen LogP contribution in [0.5, 0.6) is 5.88 Å². The molecule has 0 spiro atoms. The second-order valence-electron chi connectivity index (χ2n) is 6.99. The van der Waals surface area contributed by atoms with Crippen molar-refractivity contribution >= 4 is 28.9 Å². The number of nitrogens with one attached hydrogen (secondary N) is 2. The summed E-state index contributed by atoms with van der Waals surface area (Å²) in [5.74, 6) is 1.65. The van der Waals surface area contributed by atoms with Crippen molar-refractivity contribution in [3.63, 3.8) is 0 Å². The summed E-state index contributed by atoms with van der Waals surface area (Å²) in [5, 5.41) is 20.2. The molecular formula is C21H21N7O2. The van der Waals surface area contributed by atoms with Gasteiger partial charge in [0.1, 0.15) is 17.7 Å². The molecule has 0 fully saturated rings. The highest BCUT2D eigenvalue weighted by molar-refractivity contribution is 6.02. The van der Waals surface area contributed by atoms with E-state index in [0.29, 0.717) is 46.6 Å². The molecule has 0 radical (unpaired) electrons. The first-order chi connectivity index (χ1) is 14.5. The minimum absolute atomic E-state index is 0.0350. The Morgan fingerprint density at radius 1 is 1.20 bits per heavy atom. The van der Waals surface area contributed by atoms with E-state index >= 15 is 0 Å². The van der Waals surface area contributed by atoms with Gasteiger partial charge < -0.3 is 20.3 Å². The maximum atomic E-state index is 12.7. The molecule has 1 amide bonds. The zero-order chi connectivity index (χ0) is 21.3. The predicted octanol–water partition coefficient (Wildman–Crippen LogP) is 2.81. The molecule has 9 heteroatoms. The highest BCUT2D eigenvalue weighted by Gasteiger charge is 2.24. The molecule has 30 heavy (non-hydrogen) atoms. The Labute approximate surface area is 173 Å². The van der Waals surface area contributed by atoms with Crippen molar-refractivity contribution in [1.82, 2.24) is 19.7 Å². The first kappa shape index (κ1) is 19.3. The first-order valence-corrected chi connectivity index (χ1v) is 9.39. The standard InChI is InChI=1S/C21H21N7O2/c1-27-8-7-13-5-4-6-15(20(13)21(27)29)24-16-9-17(23-12-14(16)11-22)25-18-10-19(30-3)26-28(18)2/h4-6,9-10,12H,7-8H2,1-3H3,(H2,23,24,25). The van der Waals surface area contributed by atoms with Crippen molar-refractivity contribution in [3.8, 4) is 11.9 Å².